The van der Waals surface area contributed by atoms with Crippen LogP contribution >= 0.6 is 0 Å². The zero-order valence-electron chi connectivity index (χ0n) is 12.6. The summed E-state index contributed by atoms with van der Waals surface area (Å²) in [7, 11) is 0. The van der Waals surface area contributed by atoms with E-state index < -0.39 is 0 Å². The van der Waals surface area contributed by atoms with E-state index in [-0.39, 0.29) is 12.0 Å². The first-order valence-electron chi connectivity index (χ1n) is 7.14. The van der Waals surface area contributed by atoms with Gasteiger partial charge in [-0.25, -0.2) is 0 Å². The first kappa shape index (κ1) is 16.5. The van der Waals surface area contributed by atoms with Crippen LogP contribution in [-0.4, -0.2) is 30.3 Å². The predicted molar refractivity (Wildman–Crippen MR) is 80.0 cm³/mol. The molecule has 0 aliphatic carbocycles. The van der Waals surface area contributed by atoms with Crippen LogP contribution in [0.25, 0.3) is 0 Å². The fourth-order valence-corrected chi connectivity index (χ4v) is 1.93. The maximum absolute atomic E-state index is 11.6. The molecule has 0 aromatic heterocycles. The Morgan fingerprint density at radius 2 is 2.15 bits per heavy atom. The van der Waals surface area contributed by atoms with Crippen LogP contribution in [0.2, 0.25) is 0 Å². The van der Waals surface area contributed by atoms with Gasteiger partial charge in [0.15, 0.2) is 0 Å². The SMILES string of the molecule is Cc1ccc(OCCC(=O)NCCCC(C)O)c(C)c1. The largest absolute Gasteiger partial charge is 0.493 e. The molecule has 1 unspecified atom stereocenters. The Balaban J connectivity index is 2.18. The van der Waals surface area contributed by atoms with Crippen molar-refractivity contribution in [3.05, 3.63) is 29.3 Å². The normalized spacial score (nSPS) is 12.0. The molecule has 20 heavy (non-hydrogen) atoms. The van der Waals surface area contributed by atoms with Crippen LogP contribution in [-0.2, 0) is 4.79 Å². The van der Waals surface area contributed by atoms with Gasteiger partial charge in [0, 0.05) is 6.54 Å². The average Bonchev–Trinajstić information content (AvgIpc) is 2.37. The second-order valence-electron chi connectivity index (χ2n) is 5.21. The highest BCUT2D eigenvalue weighted by Crippen LogP contribution is 2.18. The molecule has 0 saturated heterocycles. The number of hydrogen-bond donors (Lipinski definition) is 2. The molecule has 0 radical (unpaired) electrons. The molecule has 4 nitrogen and oxygen atoms in total. The maximum atomic E-state index is 11.6. The Hall–Kier alpha value is -1.55. The third-order valence-corrected chi connectivity index (χ3v) is 3.04. The van der Waals surface area contributed by atoms with Gasteiger partial charge in [-0.1, -0.05) is 17.7 Å². The molecule has 0 bridgehead atoms. The number of aryl methyl sites for hydroxylation is 2. The number of aliphatic hydroxyl groups is 1. The number of aliphatic hydroxyl groups excluding tert-OH is 1. The van der Waals surface area contributed by atoms with E-state index in [0.29, 0.717) is 26.0 Å². The van der Waals surface area contributed by atoms with Crippen molar-refractivity contribution in [3.63, 3.8) is 0 Å². The van der Waals surface area contributed by atoms with E-state index in [2.05, 4.69) is 11.4 Å². The summed E-state index contributed by atoms with van der Waals surface area (Å²) in [6.45, 7) is 6.77. The molecule has 0 aliphatic heterocycles. The van der Waals surface area contributed by atoms with Gasteiger partial charge in [-0.2, -0.15) is 0 Å². The molecule has 0 fully saturated rings. The molecule has 0 saturated carbocycles. The lowest BCUT2D eigenvalue weighted by molar-refractivity contribution is -0.121. The van der Waals surface area contributed by atoms with Gasteiger partial charge in [-0.05, 0) is 45.2 Å². The van der Waals surface area contributed by atoms with Crippen LogP contribution in [0, 0.1) is 13.8 Å². The zero-order valence-corrected chi connectivity index (χ0v) is 12.6. The molecule has 1 rings (SSSR count). The third kappa shape index (κ3) is 6.57. The van der Waals surface area contributed by atoms with E-state index in [1.807, 2.05) is 26.0 Å². The third-order valence-electron chi connectivity index (χ3n) is 3.04. The number of amides is 1. The van der Waals surface area contributed by atoms with Crippen LogP contribution in [0.4, 0.5) is 0 Å². The minimum absolute atomic E-state index is 0.0136. The van der Waals surface area contributed by atoms with Gasteiger partial charge >= 0.3 is 0 Å². The molecule has 1 amide bonds. The first-order valence-corrected chi connectivity index (χ1v) is 7.14. The van der Waals surface area contributed by atoms with E-state index in [1.165, 1.54) is 5.56 Å². The average molecular weight is 279 g/mol. The van der Waals surface area contributed by atoms with Crippen molar-refractivity contribution in [3.8, 4) is 5.75 Å². The van der Waals surface area contributed by atoms with E-state index >= 15 is 0 Å². The van der Waals surface area contributed by atoms with E-state index in [0.717, 1.165) is 17.7 Å². The topological polar surface area (TPSA) is 58.6 Å². The van der Waals surface area contributed by atoms with E-state index in [4.69, 9.17) is 9.84 Å². The van der Waals surface area contributed by atoms with Gasteiger partial charge in [-0.15, -0.1) is 0 Å². The highest BCUT2D eigenvalue weighted by Gasteiger charge is 2.04. The standard InChI is InChI=1S/C16H25NO3/c1-12-6-7-15(13(2)11-12)20-10-8-16(19)17-9-4-5-14(3)18/h6-7,11,14,18H,4-5,8-10H2,1-3H3,(H,17,19). The van der Waals surface area contributed by atoms with E-state index in [9.17, 15) is 4.79 Å². The predicted octanol–water partition coefficient (Wildman–Crippen LogP) is 2.35. The van der Waals surface area contributed by atoms with Gasteiger partial charge in [0.25, 0.3) is 0 Å². The van der Waals surface area contributed by atoms with Crippen molar-refractivity contribution >= 4 is 5.91 Å². The van der Waals surface area contributed by atoms with Crippen LogP contribution in [0.5, 0.6) is 5.75 Å². The minimum atomic E-state index is -0.306. The van der Waals surface area contributed by atoms with Crippen molar-refractivity contribution in [1.82, 2.24) is 5.32 Å². The van der Waals surface area contributed by atoms with Gasteiger partial charge in [0.1, 0.15) is 5.75 Å². The molecular formula is C16H25NO3. The smallest absolute Gasteiger partial charge is 0.223 e. The Bertz CT molecular complexity index is 430. The summed E-state index contributed by atoms with van der Waals surface area (Å²) in [6.07, 6.45) is 1.54. The summed E-state index contributed by atoms with van der Waals surface area (Å²) in [5.41, 5.74) is 2.29. The van der Waals surface area contributed by atoms with Crippen LogP contribution in [0.3, 0.4) is 0 Å². The van der Waals surface area contributed by atoms with Gasteiger partial charge < -0.3 is 15.2 Å². The molecule has 1 atom stereocenters. The lowest BCUT2D eigenvalue weighted by atomic mass is 10.1. The summed E-state index contributed by atoms with van der Waals surface area (Å²) in [5, 5.41) is 11.9. The Labute approximate surface area is 121 Å². The lowest BCUT2D eigenvalue weighted by Gasteiger charge is -2.10. The summed E-state index contributed by atoms with van der Waals surface area (Å²) in [6, 6.07) is 6.00. The van der Waals surface area contributed by atoms with Gasteiger partial charge in [-0.3, -0.25) is 4.79 Å². The van der Waals surface area contributed by atoms with Crippen molar-refractivity contribution in [2.45, 2.75) is 46.1 Å². The van der Waals surface area contributed by atoms with Crippen molar-refractivity contribution in [2.75, 3.05) is 13.2 Å². The Morgan fingerprint density at radius 3 is 2.80 bits per heavy atom. The van der Waals surface area contributed by atoms with Crippen LogP contribution < -0.4 is 10.1 Å². The Kier molecular flexibility index (Phi) is 7.09. The van der Waals surface area contributed by atoms with E-state index in [1.54, 1.807) is 6.92 Å². The summed E-state index contributed by atoms with van der Waals surface area (Å²) in [4.78, 5) is 11.6. The molecule has 112 valence electrons. The maximum Gasteiger partial charge on any atom is 0.223 e. The molecule has 1 aromatic rings. The molecule has 0 spiro atoms. The molecule has 4 heteroatoms. The van der Waals surface area contributed by atoms with Crippen molar-refractivity contribution < 1.29 is 14.6 Å². The number of hydrogen-bond acceptors (Lipinski definition) is 3. The van der Waals surface area contributed by atoms with Crippen LogP contribution in [0.15, 0.2) is 18.2 Å². The number of ether oxygens (including phenoxy) is 1. The highest BCUT2D eigenvalue weighted by atomic mass is 16.5. The summed E-state index contributed by atoms with van der Waals surface area (Å²) < 4.78 is 5.61. The quantitative estimate of drug-likeness (QED) is 0.718. The second-order valence-corrected chi connectivity index (χ2v) is 5.21. The number of carbonyl (C=O) groups excluding carboxylic acids is 1. The molecule has 1 aromatic carbocycles. The van der Waals surface area contributed by atoms with Gasteiger partial charge in [0.05, 0.1) is 19.1 Å². The lowest BCUT2D eigenvalue weighted by Crippen LogP contribution is -2.26. The minimum Gasteiger partial charge on any atom is -0.493 e. The fourth-order valence-electron chi connectivity index (χ4n) is 1.93. The molecular weight excluding hydrogens is 254 g/mol. The number of carbonyl (C=O) groups is 1. The second kappa shape index (κ2) is 8.59. The summed E-state index contributed by atoms with van der Waals surface area (Å²) in [5.74, 6) is 0.817. The van der Waals surface area contributed by atoms with Crippen LogP contribution in [0.1, 0.15) is 37.3 Å². The first-order chi connectivity index (χ1) is 9.49. The summed E-state index contributed by atoms with van der Waals surface area (Å²) >= 11 is 0. The monoisotopic (exact) mass is 279 g/mol. The number of nitrogens with one attached hydrogen (secondary N) is 1. The Morgan fingerprint density at radius 1 is 1.40 bits per heavy atom. The zero-order chi connectivity index (χ0) is 15.0. The fraction of sp³-hybridized carbons (Fsp3) is 0.562. The van der Waals surface area contributed by atoms with Gasteiger partial charge in [0.2, 0.25) is 5.91 Å². The number of benzene rings is 1. The molecule has 0 heterocycles. The highest BCUT2D eigenvalue weighted by molar-refractivity contribution is 5.75. The van der Waals surface area contributed by atoms with Crippen molar-refractivity contribution in [2.24, 2.45) is 0 Å². The van der Waals surface area contributed by atoms with Crippen molar-refractivity contribution in [1.29, 1.82) is 0 Å². The molecule has 2 N–H and O–H groups in total. The molecule has 0 aliphatic rings. The number of rotatable bonds is 8.